The minimum absolute atomic E-state index is 0.0285. The van der Waals surface area contributed by atoms with Gasteiger partial charge in [-0.15, -0.1) is 0 Å². The zero-order chi connectivity index (χ0) is 17.6. The second-order valence-electron chi connectivity index (χ2n) is 6.34. The van der Waals surface area contributed by atoms with Gasteiger partial charge in [-0.1, -0.05) is 12.1 Å². The van der Waals surface area contributed by atoms with Crippen LogP contribution in [-0.2, 0) is 11.2 Å². The van der Waals surface area contributed by atoms with Crippen molar-refractivity contribution in [2.45, 2.75) is 12.8 Å². The van der Waals surface area contributed by atoms with Crippen LogP contribution in [0.15, 0.2) is 53.5 Å². The summed E-state index contributed by atoms with van der Waals surface area (Å²) in [5.74, 6) is 0.958. The Morgan fingerprint density at radius 1 is 1.12 bits per heavy atom. The number of amides is 1. The Balaban J connectivity index is 1.50. The van der Waals surface area contributed by atoms with E-state index in [4.69, 9.17) is 0 Å². The van der Waals surface area contributed by atoms with E-state index in [1.54, 1.807) is 0 Å². The normalized spacial score (nSPS) is 13.1. The van der Waals surface area contributed by atoms with Gasteiger partial charge in [0, 0.05) is 44.0 Å². The number of anilines is 2. The van der Waals surface area contributed by atoms with E-state index in [1.807, 2.05) is 38.4 Å². The van der Waals surface area contributed by atoms with Crippen LogP contribution >= 0.6 is 0 Å². The van der Waals surface area contributed by atoms with Crippen molar-refractivity contribution in [1.29, 1.82) is 0 Å². The minimum atomic E-state index is 0.0285. The van der Waals surface area contributed by atoms with Crippen molar-refractivity contribution in [1.82, 2.24) is 5.32 Å². The Kier molecular flexibility index (Phi) is 5.33. The molecule has 25 heavy (non-hydrogen) atoms. The molecule has 2 aromatic carbocycles. The van der Waals surface area contributed by atoms with Crippen LogP contribution in [0, 0.1) is 0 Å². The molecule has 0 saturated heterocycles. The summed E-state index contributed by atoms with van der Waals surface area (Å²) in [5.41, 5.74) is 4.20. The molecule has 3 rings (SSSR count). The monoisotopic (exact) mass is 336 g/mol. The van der Waals surface area contributed by atoms with Crippen molar-refractivity contribution in [2.24, 2.45) is 4.99 Å². The van der Waals surface area contributed by atoms with Crippen LogP contribution in [-0.4, -0.2) is 38.9 Å². The van der Waals surface area contributed by atoms with Crippen molar-refractivity contribution in [2.75, 3.05) is 37.4 Å². The van der Waals surface area contributed by atoms with E-state index in [2.05, 4.69) is 44.8 Å². The summed E-state index contributed by atoms with van der Waals surface area (Å²) in [5, 5.41) is 6.19. The fraction of sp³-hybridized carbons (Fsp3) is 0.300. The fourth-order valence-corrected chi connectivity index (χ4v) is 2.74. The van der Waals surface area contributed by atoms with Gasteiger partial charge in [-0.05, 0) is 48.4 Å². The summed E-state index contributed by atoms with van der Waals surface area (Å²) in [6, 6.07) is 16.1. The maximum absolute atomic E-state index is 12.1. The first-order chi connectivity index (χ1) is 12.1. The summed E-state index contributed by atoms with van der Waals surface area (Å²) in [4.78, 5) is 18.6. The average Bonchev–Trinajstić information content (AvgIpc) is 3.15. The largest absolute Gasteiger partial charge is 0.378 e. The van der Waals surface area contributed by atoms with E-state index in [0.29, 0.717) is 6.42 Å². The third-order valence-electron chi connectivity index (χ3n) is 4.21. The van der Waals surface area contributed by atoms with Gasteiger partial charge in [-0.2, -0.15) is 0 Å². The Labute approximate surface area is 148 Å². The molecule has 0 aliphatic carbocycles. The smallest absolute Gasteiger partial charge is 0.224 e. The molecule has 1 amide bonds. The van der Waals surface area contributed by atoms with Crippen LogP contribution in [0.3, 0.4) is 0 Å². The summed E-state index contributed by atoms with van der Waals surface area (Å²) >= 11 is 0. The van der Waals surface area contributed by atoms with Gasteiger partial charge in [0.1, 0.15) is 5.84 Å². The number of carbonyl (C=O) groups is 1. The van der Waals surface area contributed by atoms with Crippen LogP contribution in [0.25, 0.3) is 0 Å². The first kappa shape index (κ1) is 17.0. The Morgan fingerprint density at radius 2 is 1.84 bits per heavy atom. The third kappa shape index (κ3) is 4.59. The average molecular weight is 336 g/mol. The van der Waals surface area contributed by atoms with Crippen LogP contribution in [0.5, 0.6) is 0 Å². The number of nitrogens with zero attached hydrogens (tertiary/aromatic N) is 2. The topological polar surface area (TPSA) is 56.7 Å². The standard InChI is InChI=1S/C20H24N4O/c1-24(2)18-10-3-15(4-11-18)5-12-19(25)23-17-8-6-16(7-9-17)20-21-13-14-22-20/h3-4,6-11H,5,12-14H2,1-2H3,(H,21,22)(H,23,25). The lowest BCUT2D eigenvalue weighted by Gasteiger charge is -2.12. The lowest BCUT2D eigenvalue weighted by atomic mass is 10.1. The molecule has 0 spiro atoms. The quantitative estimate of drug-likeness (QED) is 0.853. The SMILES string of the molecule is CN(C)c1ccc(CCC(=O)Nc2ccc(C3=NCCN3)cc2)cc1. The Bertz CT molecular complexity index is 748. The van der Waals surface area contributed by atoms with Crippen molar-refractivity contribution in [3.63, 3.8) is 0 Å². The molecule has 5 nitrogen and oxygen atoms in total. The van der Waals surface area contributed by atoms with E-state index in [0.717, 1.165) is 42.3 Å². The number of aryl methyl sites for hydroxylation is 1. The first-order valence-electron chi connectivity index (χ1n) is 8.57. The van der Waals surface area contributed by atoms with E-state index >= 15 is 0 Å². The number of benzene rings is 2. The minimum Gasteiger partial charge on any atom is -0.378 e. The molecule has 0 bridgehead atoms. The fourth-order valence-electron chi connectivity index (χ4n) is 2.74. The molecule has 130 valence electrons. The maximum atomic E-state index is 12.1. The number of hydrogen-bond donors (Lipinski definition) is 2. The van der Waals surface area contributed by atoms with E-state index < -0.39 is 0 Å². The van der Waals surface area contributed by atoms with Gasteiger partial charge in [0.05, 0.1) is 6.54 Å². The molecule has 0 unspecified atom stereocenters. The van der Waals surface area contributed by atoms with Crippen LogP contribution in [0.4, 0.5) is 11.4 Å². The van der Waals surface area contributed by atoms with Crippen LogP contribution in [0.2, 0.25) is 0 Å². The van der Waals surface area contributed by atoms with Crippen molar-refractivity contribution in [3.05, 3.63) is 59.7 Å². The van der Waals surface area contributed by atoms with Crippen molar-refractivity contribution < 1.29 is 4.79 Å². The molecule has 2 N–H and O–H groups in total. The zero-order valence-electron chi connectivity index (χ0n) is 14.7. The molecule has 0 radical (unpaired) electrons. The predicted molar refractivity (Wildman–Crippen MR) is 104 cm³/mol. The van der Waals surface area contributed by atoms with Gasteiger partial charge >= 0.3 is 0 Å². The van der Waals surface area contributed by atoms with E-state index in [1.165, 1.54) is 5.56 Å². The highest BCUT2D eigenvalue weighted by molar-refractivity contribution is 6.00. The van der Waals surface area contributed by atoms with Gasteiger partial charge < -0.3 is 15.5 Å². The van der Waals surface area contributed by atoms with E-state index in [-0.39, 0.29) is 5.91 Å². The third-order valence-corrected chi connectivity index (χ3v) is 4.21. The number of carbonyl (C=O) groups excluding carboxylic acids is 1. The highest BCUT2D eigenvalue weighted by atomic mass is 16.1. The lowest BCUT2D eigenvalue weighted by molar-refractivity contribution is -0.116. The second kappa shape index (κ2) is 7.83. The zero-order valence-corrected chi connectivity index (χ0v) is 14.7. The summed E-state index contributed by atoms with van der Waals surface area (Å²) in [6.07, 6.45) is 1.20. The molecule has 1 aliphatic rings. The Hall–Kier alpha value is -2.82. The van der Waals surface area contributed by atoms with Gasteiger partial charge in [-0.3, -0.25) is 9.79 Å². The predicted octanol–water partition coefficient (Wildman–Crippen LogP) is 2.67. The molecule has 2 aromatic rings. The first-order valence-corrected chi connectivity index (χ1v) is 8.57. The maximum Gasteiger partial charge on any atom is 0.224 e. The molecule has 1 aliphatic heterocycles. The molecule has 5 heteroatoms. The van der Waals surface area contributed by atoms with Gasteiger partial charge in [0.25, 0.3) is 0 Å². The number of hydrogen-bond acceptors (Lipinski definition) is 4. The Morgan fingerprint density at radius 3 is 2.44 bits per heavy atom. The number of amidine groups is 1. The highest BCUT2D eigenvalue weighted by Crippen LogP contribution is 2.15. The van der Waals surface area contributed by atoms with E-state index in [9.17, 15) is 4.79 Å². The summed E-state index contributed by atoms with van der Waals surface area (Å²) in [7, 11) is 4.03. The molecule has 0 saturated carbocycles. The molecule has 1 heterocycles. The van der Waals surface area contributed by atoms with Gasteiger partial charge in [0.2, 0.25) is 5.91 Å². The second-order valence-corrected chi connectivity index (χ2v) is 6.34. The van der Waals surface area contributed by atoms with Gasteiger partial charge in [0.15, 0.2) is 0 Å². The molecule has 0 aromatic heterocycles. The number of nitrogens with one attached hydrogen (secondary N) is 2. The van der Waals surface area contributed by atoms with Crippen LogP contribution < -0.4 is 15.5 Å². The van der Waals surface area contributed by atoms with Crippen LogP contribution in [0.1, 0.15) is 17.5 Å². The number of aliphatic imine (C=N–C) groups is 1. The highest BCUT2D eigenvalue weighted by Gasteiger charge is 2.08. The number of rotatable bonds is 6. The van der Waals surface area contributed by atoms with Crippen molar-refractivity contribution in [3.8, 4) is 0 Å². The molecule has 0 fully saturated rings. The summed E-state index contributed by atoms with van der Waals surface area (Å²) in [6.45, 7) is 1.71. The summed E-state index contributed by atoms with van der Waals surface area (Å²) < 4.78 is 0. The molecule has 0 atom stereocenters. The molecular formula is C20H24N4O. The molecular weight excluding hydrogens is 312 g/mol. The lowest BCUT2D eigenvalue weighted by Crippen LogP contribution is -2.19. The van der Waals surface area contributed by atoms with Gasteiger partial charge in [-0.25, -0.2) is 0 Å². The van der Waals surface area contributed by atoms with Crippen molar-refractivity contribution >= 4 is 23.1 Å².